The number of thiazole rings is 1. The SMILES string of the molecule is Cc1cc(NC(=O)C[NH+]2CCOCC2)n(-c2nc3ccccc3s2)n1. The molecule has 1 aliphatic rings. The quantitative estimate of drug-likeness (QED) is 0.718. The highest BCUT2D eigenvalue weighted by atomic mass is 32.1. The number of para-hydroxylation sites is 1. The minimum Gasteiger partial charge on any atom is -0.370 e. The first kappa shape index (κ1) is 16.2. The molecule has 7 nitrogen and oxygen atoms in total. The number of benzene rings is 1. The van der Waals surface area contributed by atoms with Gasteiger partial charge in [0, 0.05) is 6.07 Å². The number of quaternary nitrogens is 1. The van der Waals surface area contributed by atoms with E-state index < -0.39 is 0 Å². The Morgan fingerprint density at radius 3 is 2.96 bits per heavy atom. The lowest BCUT2D eigenvalue weighted by Gasteiger charge is -2.23. The summed E-state index contributed by atoms with van der Waals surface area (Å²) in [7, 11) is 0. The number of nitrogens with one attached hydrogen (secondary N) is 2. The number of ether oxygens (including phenoxy) is 1. The van der Waals surface area contributed by atoms with E-state index in [2.05, 4.69) is 15.4 Å². The molecule has 0 aliphatic carbocycles. The lowest BCUT2D eigenvalue weighted by molar-refractivity contribution is -0.899. The van der Waals surface area contributed by atoms with E-state index in [0.717, 1.165) is 34.1 Å². The van der Waals surface area contributed by atoms with Gasteiger partial charge in [-0.2, -0.15) is 9.78 Å². The Kier molecular flexibility index (Phi) is 4.48. The molecule has 0 atom stereocenters. The summed E-state index contributed by atoms with van der Waals surface area (Å²) >= 11 is 1.56. The Balaban J connectivity index is 1.55. The summed E-state index contributed by atoms with van der Waals surface area (Å²) in [5.41, 5.74) is 1.78. The molecule has 1 aromatic carbocycles. The van der Waals surface area contributed by atoms with E-state index in [9.17, 15) is 4.79 Å². The number of amides is 1. The van der Waals surface area contributed by atoms with Gasteiger partial charge in [-0.25, -0.2) is 4.98 Å². The van der Waals surface area contributed by atoms with Crippen LogP contribution in [0, 0.1) is 6.92 Å². The van der Waals surface area contributed by atoms with Crippen LogP contribution in [0.15, 0.2) is 30.3 Å². The minimum atomic E-state index is -0.0147. The van der Waals surface area contributed by atoms with Gasteiger partial charge in [0.1, 0.15) is 18.9 Å². The largest absolute Gasteiger partial charge is 0.370 e. The van der Waals surface area contributed by atoms with Crippen LogP contribution in [-0.2, 0) is 9.53 Å². The van der Waals surface area contributed by atoms with E-state index in [1.165, 1.54) is 4.90 Å². The van der Waals surface area contributed by atoms with Crippen molar-refractivity contribution in [3.05, 3.63) is 36.0 Å². The maximum Gasteiger partial charge on any atom is 0.280 e. The van der Waals surface area contributed by atoms with Gasteiger partial charge in [0.2, 0.25) is 5.13 Å². The minimum absolute atomic E-state index is 0.0147. The third-order valence-electron chi connectivity index (χ3n) is 4.17. The van der Waals surface area contributed by atoms with Crippen molar-refractivity contribution in [2.45, 2.75) is 6.92 Å². The molecule has 8 heteroatoms. The van der Waals surface area contributed by atoms with Crippen molar-refractivity contribution in [1.29, 1.82) is 0 Å². The van der Waals surface area contributed by atoms with Gasteiger partial charge in [-0.1, -0.05) is 23.5 Å². The Morgan fingerprint density at radius 1 is 1.36 bits per heavy atom. The number of fused-ring (bicyclic) bond motifs is 1. The topological polar surface area (TPSA) is 73.5 Å². The summed E-state index contributed by atoms with van der Waals surface area (Å²) in [5, 5.41) is 8.24. The van der Waals surface area contributed by atoms with E-state index in [1.807, 2.05) is 37.3 Å². The molecule has 3 aromatic rings. The molecule has 130 valence electrons. The molecule has 4 rings (SSSR count). The van der Waals surface area contributed by atoms with Crippen molar-refractivity contribution in [3.8, 4) is 5.13 Å². The van der Waals surface area contributed by atoms with Crippen molar-refractivity contribution >= 4 is 33.3 Å². The van der Waals surface area contributed by atoms with Crippen molar-refractivity contribution in [2.24, 2.45) is 0 Å². The predicted molar refractivity (Wildman–Crippen MR) is 96.5 cm³/mol. The number of rotatable bonds is 4. The molecule has 0 unspecified atom stereocenters. The number of anilines is 1. The molecule has 0 spiro atoms. The first-order valence-electron chi connectivity index (χ1n) is 8.33. The number of aromatic nitrogens is 3. The smallest absolute Gasteiger partial charge is 0.280 e. The number of carbonyl (C=O) groups excluding carboxylic acids is 1. The molecule has 25 heavy (non-hydrogen) atoms. The fraction of sp³-hybridized carbons (Fsp3) is 0.353. The normalized spacial score (nSPS) is 15.6. The van der Waals surface area contributed by atoms with E-state index >= 15 is 0 Å². The highest BCUT2D eigenvalue weighted by molar-refractivity contribution is 7.20. The molecule has 1 aliphatic heterocycles. The Morgan fingerprint density at radius 2 is 2.16 bits per heavy atom. The zero-order valence-corrected chi connectivity index (χ0v) is 14.8. The van der Waals surface area contributed by atoms with Crippen LogP contribution >= 0.6 is 11.3 Å². The van der Waals surface area contributed by atoms with Gasteiger partial charge in [-0.15, -0.1) is 0 Å². The van der Waals surface area contributed by atoms with Gasteiger partial charge >= 0.3 is 0 Å². The third kappa shape index (κ3) is 3.55. The van der Waals surface area contributed by atoms with Crippen LogP contribution in [0.1, 0.15) is 5.69 Å². The summed E-state index contributed by atoms with van der Waals surface area (Å²) in [6, 6.07) is 9.84. The summed E-state index contributed by atoms with van der Waals surface area (Å²) in [6.45, 7) is 5.50. The number of hydrogen-bond donors (Lipinski definition) is 2. The van der Waals surface area contributed by atoms with Crippen molar-refractivity contribution in [1.82, 2.24) is 14.8 Å². The van der Waals surface area contributed by atoms with Crippen molar-refractivity contribution < 1.29 is 14.4 Å². The van der Waals surface area contributed by atoms with Crippen LogP contribution in [0.2, 0.25) is 0 Å². The fourth-order valence-electron chi connectivity index (χ4n) is 2.94. The summed E-state index contributed by atoms with van der Waals surface area (Å²) in [5.74, 6) is 0.647. The zero-order valence-electron chi connectivity index (χ0n) is 14.0. The van der Waals surface area contributed by atoms with Crippen molar-refractivity contribution in [3.63, 3.8) is 0 Å². The van der Waals surface area contributed by atoms with Crippen molar-refractivity contribution in [2.75, 3.05) is 38.2 Å². The second kappa shape index (κ2) is 6.91. The number of hydrogen-bond acceptors (Lipinski definition) is 5. The number of aryl methyl sites for hydroxylation is 1. The summed E-state index contributed by atoms with van der Waals surface area (Å²) in [4.78, 5) is 18.3. The van der Waals surface area contributed by atoms with Gasteiger partial charge < -0.3 is 15.0 Å². The number of carbonyl (C=O) groups is 1. The summed E-state index contributed by atoms with van der Waals surface area (Å²) in [6.07, 6.45) is 0. The molecule has 0 radical (unpaired) electrons. The van der Waals surface area contributed by atoms with Gasteiger partial charge in [-0.05, 0) is 19.1 Å². The van der Waals surface area contributed by atoms with E-state index in [0.29, 0.717) is 25.6 Å². The Hall–Kier alpha value is -2.29. The molecule has 0 bridgehead atoms. The van der Waals surface area contributed by atoms with Gasteiger partial charge in [0.05, 0.1) is 29.1 Å². The summed E-state index contributed by atoms with van der Waals surface area (Å²) < 4.78 is 8.15. The van der Waals surface area contributed by atoms with Crippen LogP contribution in [0.5, 0.6) is 0 Å². The first-order valence-corrected chi connectivity index (χ1v) is 9.14. The van der Waals surface area contributed by atoms with Crippen LogP contribution < -0.4 is 10.2 Å². The van der Waals surface area contributed by atoms with Crippen LogP contribution in [0.4, 0.5) is 5.82 Å². The molecule has 1 saturated heterocycles. The maximum atomic E-state index is 12.4. The van der Waals surface area contributed by atoms with Crippen LogP contribution in [0.25, 0.3) is 15.3 Å². The third-order valence-corrected chi connectivity index (χ3v) is 5.19. The standard InChI is InChI=1S/C17H19N5O2S/c1-12-10-15(19-16(23)11-21-6-8-24-9-7-21)22(20-12)17-18-13-4-2-3-5-14(13)25-17/h2-5,10H,6-9,11H2,1H3,(H,19,23)/p+1. The number of morpholine rings is 1. The van der Waals surface area contributed by atoms with E-state index in [4.69, 9.17) is 4.74 Å². The van der Waals surface area contributed by atoms with Crippen LogP contribution in [0.3, 0.4) is 0 Å². The lowest BCUT2D eigenvalue weighted by atomic mass is 10.3. The molecule has 2 aromatic heterocycles. The van der Waals surface area contributed by atoms with Gasteiger partial charge in [0.25, 0.3) is 5.91 Å². The molecule has 3 heterocycles. The Bertz CT molecular complexity index is 864. The van der Waals surface area contributed by atoms with Gasteiger partial charge in [-0.3, -0.25) is 4.79 Å². The predicted octanol–water partition coefficient (Wildman–Crippen LogP) is 0.644. The van der Waals surface area contributed by atoms with Crippen LogP contribution in [-0.4, -0.2) is 53.5 Å². The van der Waals surface area contributed by atoms with Gasteiger partial charge in [0.15, 0.2) is 6.54 Å². The maximum absolute atomic E-state index is 12.4. The molecule has 1 fully saturated rings. The molecule has 2 N–H and O–H groups in total. The lowest BCUT2D eigenvalue weighted by Crippen LogP contribution is -3.15. The fourth-order valence-corrected chi connectivity index (χ4v) is 3.87. The molecular formula is C17H20N5O2S+. The van der Waals surface area contributed by atoms with E-state index in [-0.39, 0.29) is 5.91 Å². The average Bonchev–Trinajstić information content (AvgIpc) is 3.18. The van der Waals surface area contributed by atoms with E-state index in [1.54, 1.807) is 16.0 Å². The molecule has 1 amide bonds. The zero-order chi connectivity index (χ0) is 17.2. The molecule has 0 saturated carbocycles. The second-order valence-corrected chi connectivity index (χ2v) is 7.14. The average molecular weight is 358 g/mol. The monoisotopic (exact) mass is 358 g/mol. The Labute approximate surface area is 149 Å². The molecular weight excluding hydrogens is 338 g/mol. The highest BCUT2D eigenvalue weighted by Gasteiger charge is 2.20. The highest BCUT2D eigenvalue weighted by Crippen LogP contribution is 2.26. The number of nitrogens with zero attached hydrogens (tertiary/aromatic N) is 3. The second-order valence-electron chi connectivity index (χ2n) is 6.13. The first-order chi connectivity index (χ1) is 12.2.